The molecule has 0 heterocycles. The summed E-state index contributed by atoms with van der Waals surface area (Å²) in [4.78, 5) is 11.9. The van der Waals surface area contributed by atoms with Gasteiger partial charge in [0, 0.05) is 21.9 Å². The van der Waals surface area contributed by atoms with Crippen molar-refractivity contribution < 1.29 is 9.53 Å². The van der Waals surface area contributed by atoms with Crippen molar-refractivity contribution >= 4 is 21.9 Å². The lowest BCUT2D eigenvalue weighted by Crippen LogP contribution is -2.21. The Bertz CT molecular complexity index is 557. The standard InChI is InChI=1S/C16H15BrO2/c1-19-16(18)15-9-14(11-2-3-12(15)8-11)10-4-6-13(17)7-5-10/h2-7,9,11-12,14H,8H2,1H3/t11-,12+,14-/m0/s1. The molecule has 98 valence electrons. The predicted molar refractivity (Wildman–Crippen MR) is 77.7 cm³/mol. The van der Waals surface area contributed by atoms with Crippen LogP contribution in [0.15, 0.2) is 52.5 Å². The van der Waals surface area contributed by atoms with Crippen molar-refractivity contribution in [3.8, 4) is 0 Å². The van der Waals surface area contributed by atoms with Crippen LogP contribution in [0.1, 0.15) is 17.9 Å². The highest BCUT2D eigenvalue weighted by atomic mass is 79.9. The van der Waals surface area contributed by atoms with Gasteiger partial charge >= 0.3 is 5.97 Å². The van der Waals surface area contributed by atoms with E-state index in [0.29, 0.717) is 5.92 Å². The SMILES string of the molecule is COC(=O)C1=C[C@@H](c2ccc(Br)cc2)[C@H]2C=C[C@@H]1C2. The van der Waals surface area contributed by atoms with Gasteiger partial charge in [0.1, 0.15) is 0 Å². The van der Waals surface area contributed by atoms with Gasteiger partial charge in [0.2, 0.25) is 0 Å². The maximum absolute atomic E-state index is 11.9. The molecule has 0 N–H and O–H groups in total. The Morgan fingerprint density at radius 2 is 2.00 bits per heavy atom. The number of allylic oxidation sites excluding steroid dienone is 3. The smallest absolute Gasteiger partial charge is 0.334 e. The van der Waals surface area contributed by atoms with Crippen molar-refractivity contribution in [2.45, 2.75) is 12.3 Å². The summed E-state index contributed by atoms with van der Waals surface area (Å²) in [5.41, 5.74) is 2.06. The molecule has 2 bridgehead atoms. The molecule has 3 heteroatoms. The quantitative estimate of drug-likeness (QED) is 0.611. The zero-order valence-electron chi connectivity index (χ0n) is 10.7. The van der Waals surface area contributed by atoms with E-state index in [1.54, 1.807) is 0 Å². The lowest BCUT2D eigenvalue weighted by atomic mass is 9.77. The Morgan fingerprint density at radius 3 is 2.68 bits per heavy atom. The van der Waals surface area contributed by atoms with E-state index in [1.165, 1.54) is 12.7 Å². The van der Waals surface area contributed by atoms with Crippen LogP contribution in [0.25, 0.3) is 0 Å². The number of fused-ring (bicyclic) bond motifs is 2. The second kappa shape index (κ2) is 4.97. The van der Waals surface area contributed by atoms with Crippen molar-refractivity contribution in [2.75, 3.05) is 7.11 Å². The van der Waals surface area contributed by atoms with Crippen LogP contribution in [0, 0.1) is 11.8 Å². The molecule has 1 aromatic rings. The first-order valence-corrected chi connectivity index (χ1v) is 7.22. The predicted octanol–water partition coefficient (Wildman–Crippen LogP) is 3.84. The molecule has 0 fully saturated rings. The first kappa shape index (κ1) is 12.7. The van der Waals surface area contributed by atoms with Gasteiger partial charge in [-0.1, -0.05) is 46.3 Å². The average molecular weight is 319 g/mol. The van der Waals surface area contributed by atoms with Crippen LogP contribution in [0.5, 0.6) is 0 Å². The summed E-state index contributed by atoms with van der Waals surface area (Å²) < 4.78 is 5.97. The molecule has 0 saturated carbocycles. The highest BCUT2D eigenvalue weighted by Crippen LogP contribution is 2.45. The van der Waals surface area contributed by atoms with Crippen LogP contribution in [-0.4, -0.2) is 13.1 Å². The average Bonchev–Trinajstić information content (AvgIpc) is 2.84. The van der Waals surface area contributed by atoms with E-state index in [4.69, 9.17) is 4.74 Å². The number of esters is 1. The van der Waals surface area contributed by atoms with Crippen LogP contribution in [-0.2, 0) is 9.53 Å². The van der Waals surface area contributed by atoms with Gasteiger partial charge in [0.25, 0.3) is 0 Å². The van der Waals surface area contributed by atoms with E-state index in [1.807, 2.05) is 12.1 Å². The van der Waals surface area contributed by atoms with Crippen molar-refractivity contribution in [1.82, 2.24) is 0 Å². The third-order valence-electron chi connectivity index (χ3n) is 4.01. The Morgan fingerprint density at radius 1 is 1.26 bits per heavy atom. The van der Waals surface area contributed by atoms with E-state index in [0.717, 1.165) is 16.5 Å². The molecule has 2 nitrogen and oxygen atoms in total. The number of rotatable bonds is 2. The Balaban J connectivity index is 1.98. The summed E-state index contributed by atoms with van der Waals surface area (Å²) in [5, 5.41) is 0. The largest absolute Gasteiger partial charge is 0.466 e. The van der Waals surface area contributed by atoms with Crippen LogP contribution in [0.2, 0.25) is 0 Å². The lowest BCUT2D eigenvalue weighted by molar-refractivity contribution is -0.136. The molecule has 0 spiro atoms. The number of methoxy groups -OCH3 is 1. The molecule has 2 aliphatic carbocycles. The van der Waals surface area contributed by atoms with Gasteiger partial charge in [0.05, 0.1) is 7.11 Å². The second-order valence-electron chi connectivity index (χ2n) is 5.08. The third kappa shape index (κ3) is 2.27. The number of carbonyl (C=O) groups is 1. The van der Waals surface area contributed by atoms with Crippen LogP contribution in [0.4, 0.5) is 0 Å². The first-order chi connectivity index (χ1) is 9.19. The zero-order chi connectivity index (χ0) is 13.4. The van der Waals surface area contributed by atoms with E-state index >= 15 is 0 Å². The highest BCUT2D eigenvalue weighted by Gasteiger charge is 2.36. The summed E-state index contributed by atoms with van der Waals surface area (Å²) in [6.07, 6.45) is 7.49. The third-order valence-corrected chi connectivity index (χ3v) is 4.54. The molecule has 19 heavy (non-hydrogen) atoms. The zero-order valence-corrected chi connectivity index (χ0v) is 12.3. The Hall–Kier alpha value is -1.35. The number of ether oxygens (including phenoxy) is 1. The summed E-state index contributed by atoms with van der Waals surface area (Å²) in [6.45, 7) is 0. The number of halogens is 1. The van der Waals surface area contributed by atoms with Gasteiger partial charge in [-0.25, -0.2) is 4.79 Å². The summed E-state index contributed by atoms with van der Waals surface area (Å²) in [7, 11) is 1.45. The van der Waals surface area contributed by atoms with E-state index in [2.05, 4.69) is 46.3 Å². The maximum Gasteiger partial charge on any atom is 0.334 e. The molecule has 0 aliphatic heterocycles. The number of hydrogen-bond donors (Lipinski definition) is 0. The molecule has 0 aromatic heterocycles. The van der Waals surface area contributed by atoms with Gasteiger partial charge in [-0.05, 0) is 30.0 Å². The minimum absolute atomic E-state index is 0.197. The second-order valence-corrected chi connectivity index (χ2v) is 6.00. The minimum Gasteiger partial charge on any atom is -0.466 e. The molecule has 3 atom stereocenters. The minimum atomic E-state index is -0.197. The Labute approximate surface area is 121 Å². The molecule has 0 amide bonds. The van der Waals surface area contributed by atoms with Crippen LogP contribution in [0.3, 0.4) is 0 Å². The lowest BCUT2D eigenvalue weighted by Gasteiger charge is -2.27. The van der Waals surface area contributed by atoms with Crippen molar-refractivity contribution in [3.63, 3.8) is 0 Å². The van der Waals surface area contributed by atoms with E-state index in [-0.39, 0.29) is 17.8 Å². The normalized spacial score (nSPS) is 28.1. The summed E-state index contributed by atoms with van der Waals surface area (Å²) in [5.74, 6) is 0.818. The first-order valence-electron chi connectivity index (χ1n) is 6.43. The highest BCUT2D eigenvalue weighted by molar-refractivity contribution is 9.10. The molecular weight excluding hydrogens is 304 g/mol. The van der Waals surface area contributed by atoms with Crippen molar-refractivity contribution in [3.05, 3.63) is 58.1 Å². The molecule has 0 unspecified atom stereocenters. The molecule has 2 aliphatic rings. The summed E-state index contributed by atoms with van der Waals surface area (Å²) in [6, 6.07) is 8.33. The number of carbonyl (C=O) groups excluding carboxylic acids is 1. The fraction of sp³-hybridized carbons (Fsp3) is 0.312. The monoisotopic (exact) mass is 318 g/mol. The van der Waals surface area contributed by atoms with E-state index < -0.39 is 0 Å². The molecule has 1 aromatic carbocycles. The fourth-order valence-corrected chi connectivity index (χ4v) is 3.29. The fourth-order valence-electron chi connectivity index (χ4n) is 3.03. The molecule has 3 rings (SSSR count). The molecule has 0 radical (unpaired) electrons. The number of benzene rings is 1. The number of hydrogen-bond acceptors (Lipinski definition) is 2. The van der Waals surface area contributed by atoms with Crippen LogP contribution >= 0.6 is 15.9 Å². The Kier molecular flexibility index (Phi) is 3.31. The maximum atomic E-state index is 11.9. The molecule has 0 saturated heterocycles. The molecular formula is C16H15BrO2. The van der Waals surface area contributed by atoms with Crippen LogP contribution < -0.4 is 0 Å². The van der Waals surface area contributed by atoms with E-state index in [9.17, 15) is 4.79 Å². The van der Waals surface area contributed by atoms with Crippen molar-refractivity contribution in [1.29, 1.82) is 0 Å². The van der Waals surface area contributed by atoms with Gasteiger partial charge in [-0.2, -0.15) is 0 Å². The van der Waals surface area contributed by atoms with Gasteiger partial charge < -0.3 is 4.74 Å². The van der Waals surface area contributed by atoms with Crippen molar-refractivity contribution in [2.24, 2.45) is 11.8 Å². The van der Waals surface area contributed by atoms with Gasteiger partial charge in [-0.3, -0.25) is 0 Å². The van der Waals surface area contributed by atoms with Gasteiger partial charge in [-0.15, -0.1) is 0 Å². The summed E-state index contributed by atoms with van der Waals surface area (Å²) >= 11 is 3.45. The van der Waals surface area contributed by atoms with Gasteiger partial charge in [0.15, 0.2) is 0 Å². The topological polar surface area (TPSA) is 26.3 Å².